The van der Waals surface area contributed by atoms with E-state index in [9.17, 15) is 4.79 Å². The highest BCUT2D eigenvalue weighted by Crippen LogP contribution is 2.19. The number of carboxylic acids is 1. The van der Waals surface area contributed by atoms with Gasteiger partial charge in [-0.1, -0.05) is 0 Å². The number of aliphatic carboxylic acids is 1. The number of nitrogens with zero attached hydrogens (tertiary/aromatic N) is 1. The highest BCUT2D eigenvalue weighted by molar-refractivity contribution is 5.66. The molecule has 1 aliphatic rings. The summed E-state index contributed by atoms with van der Waals surface area (Å²) in [5.41, 5.74) is 0. The lowest BCUT2D eigenvalue weighted by Gasteiger charge is -2.28. The molecule has 1 N–H and O–H groups in total. The van der Waals surface area contributed by atoms with Gasteiger partial charge in [-0.3, -0.25) is 4.79 Å². The monoisotopic (exact) mass is 201 g/mol. The van der Waals surface area contributed by atoms with Gasteiger partial charge in [0, 0.05) is 19.2 Å². The Morgan fingerprint density at radius 2 is 2.43 bits per heavy atom. The van der Waals surface area contributed by atoms with Gasteiger partial charge in [-0.2, -0.15) is 0 Å². The fourth-order valence-electron chi connectivity index (χ4n) is 1.77. The molecule has 0 spiro atoms. The molecule has 0 radical (unpaired) electrons. The molecule has 0 bridgehead atoms. The standard InChI is InChI=1S/C10H19NO3/c1-8(9-4-6-14-7-9)11(2)5-3-10(12)13/h8-9H,3-7H2,1-2H3,(H,12,13). The van der Waals surface area contributed by atoms with Crippen molar-refractivity contribution in [2.45, 2.75) is 25.8 Å². The molecular formula is C10H19NO3. The van der Waals surface area contributed by atoms with Gasteiger partial charge in [-0.05, 0) is 26.3 Å². The fraction of sp³-hybridized carbons (Fsp3) is 0.900. The number of hydrogen-bond donors (Lipinski definition) is 1. The summed E-state index contributed by atoms with van der Waals surface area (Å²) < 4.78 is 5.31. The number of carboxylic acid groups (broad SMARTS) is 1. The first kappa shape index (κ1) is 11.5. The van der Waals surface area contributed by atoms with E-state index in [2.05, 4.69) is 11.8 Å². The Hall–Kier alpha value is -0.610. The first-order valence-electron chi connectivity index (χ1n) is 5.11. The molecule has 0 saturated carbocycles. The molecule has 2 atom stereocenters. The quantitative estimate of drug-likeness (QED) is 0.715. The third kappa shape index (κ3) is 3.27. The second kappa shape index (κ2) is 5.32. The Morgan fingerprint density at radius 3 is 2.93 bits per heavy atom. The third-order valence-corrected chi connectivity index (χ3v) is 3.02. The molecule has 1 rings (SSSR count). The Balaban J connectivity index is 2.27. The van der Waals surface area contributed by atoms with Crippen molar-refractivity contribution in [3.63, 3.8) is 0 Å². The van der Waals surface area contributed by atoms with Crippen molar-refractivity contribution in [3.05, 3.63) is 0 Å². The van der Waals surface area contributed by atoms with E-state index in [0.29, 0.717) is 18.5 Å². The fourth-order valence-corrected chi connectivity index (χ4v) is 1.77. The average molecular weight is 201 g/mol. The lowest BCUT2D eigenvalue weighted by Crippen LogP contribution is -2.37. The van der Waals surface area contributed by atoms with Gasteiger partial charge in [0.1, 0.15) is 0 Å². The van der Waals surface area contributed by atoms with Crippen molar-refractivity contribution in [1.29, 1.82) is 0 Å². The predicted molar refractivity (Wildman–Crippen MR) is 53.3 cm³/mol. The van der Waals surface area contributed by atoms with E-state index in [1.807, 2.05) is 7.05 Å². The zero-order chi connectivity index (χ0) is 10.6. The summed E-state index contributed by atoms with van der Waals surface area (Å²) in [5.74, 6) is -0.166. The van der Waals surface area contributed by atoms with Gasteiger partial charge in [0.15, 0.2) is 0 Å². The maximum Gasteiger partial charge on any atom is 0.304 e. The van der Waals surface area contributed by atoms with Crippen LogP contribution in [-0.4, -0.2) is 48.8 Å². The van der Waals surface area contributed by atoms with E-state index in [0.717, 1.165) is 19.6 Å². The van der Waals surface area contributed by atoms with Crippen LogP contribution in [0.15, 0.2) is 0 Å². The third-order valence-electron chi connectivity index (χ3n) is 3.02. The summed E-state index contributed by atoms with van der Waals surface area (Å²) in [7, 11) is 1.98. The molecule has 14 heavy (non-hydrogen) atoms. The topological polar surface area (TPSA) is 49.8 Å². The van der Waals surface area contributed by atoms with Crippen molar-refractivity contribution in [2.75, 3.05) is 26.8 Å². The van der Waals surface area contributed by atoms with Gasteiger partial charge >= 0.3 is 5.97 Å². The highest BCUT2D eigenvalue weighted by Gasteiger charge is 2.25. The van der Waals surface area contributed by atoms with E-state index in [-0.39, 0.29) is 6.42 Å². The summed E-state index contributed by atoms with van der Waals surface area (Å²) in [6.07, 6.45) is 1.31. The Kier molecular flexibility index (Phi) is 4.35. The molecular weight excluding hydrogens is 182 g/mol. The molecule has 4 nitrogen and oxygen atoms in total. The van der Waals surface area contributed by atoms with Crippen molar-refractivity contribution in [1.82, 2.24) is 4.90 Å². The molecule has 2 unspecified atom stereocenters. The molecule has 1 saturated heterocycles. The molecule has 0 aromatic heterocycles. The highest BCUT2D eigenvalue weighted by atomic mass is 16.5. The van der Waals surface area contributed by atoms with E-state index < -0.39 is 5.97 Å². The lowest BCUT2D eigenvalue weighted by atomic mass is 9.99. The zero-order valence-electron chi connectivity index (χ0n) is 8.90. The van der Waals surface area contributed by atoms with Crippen LogP contribution in [0, 0.1) is 5.92 Å². The molecule has 0 aromatic carbocycles. The Bertz CT molecular complexity index is 190. The smallest absolute Gasteiger partial charge is 0.304 e. The maximum absolute atomic E-state index is 10.4. The first-order chi connectivity index (χ1) is 6.61. The molecule has 1 aliphatic heterocycles. The first-order valence-corrected chi connectivity index (χ1v) is 5.11. The second-order valence-electron chi connectivity index (χ2n) is 3.99. The van der Waals surface area contributed by atoms with Crippen LogP contribution >= 0.6 is 0 Å². The Labute approximate surface area is 84.8 Å². The SMILES string of the molecule is CC(C1CCOC1)N(C)CCC(=O)O. The molecule has 4 heteroatoms. The predicted octanol–water partition coefficient (Wildman–Crippen LogP) is 0.818. The summed E-state index contributed by atoms with van der Waals surface area (Å²) in [4.78, 5) is 12.5. The summed E-state index contributed by atoms with van der Waals surface area (Å²) >= 11 is 0. The van der Waals surface area contributed by atoms with Crippen LogP contribution in [0.3, 0.4) is 0 Å². The van der Waals surface area contributed by atoms with E-state index in [1.165, 1.54) is 0 Å². The van der Waals surface area contributed by atoms with Gasteiger partial charge in [0.05, 0.1) is 13.0 Å². The van der Waals surface area contributed by atoms with Gasteiger partial charge in [-0.15, -0.1) is 0 Å². The summed E-state index contributed by atoms with van der Waals surface area (Å²) in [6.45, 7) is 4.43. The molecule has 1 heterocycles. The molecule has 0 amide bonds. The minimum absolute atomic E-state index is 0.217. The largest absolute Gasteiger partial charge is 0.481 e. The number of rotatable bonds is 5. The van der Waals surface area contributed by atoms with Crippen LogP contribution in [-0.2, 0) is 9.53 Å². The van der Waals surface area contributed by atoms with Crippen LogP contribution < -0.4 is 0 Å². The molecule has 0 aliphatic carbocycles. The summed E-state index contributed by atoms with van der Waals surface area (Å²) in [5, 5.41) is 8.56. The van der Waals surface area contributed by atoms with Gasteiger partial charge in [-0.25, -0.2) is 0 Å². The second-order valence-corrected chi connectivity index (χ2v) is 3.99. The summed E-state index contributed by atoms with van der Waals surface area (Å²) in [6, 6.07) is 0.414. The van der Waals surface area contributed by atoms with Crippen LogP contribution in [0.1, 0.15) is 19.8 Å². The van der Waals surface area contributed by atoms with Crippen LogP contribution in [0.2, 0.25) is 0 Å². The van der Waals surface area contributed by atoms with Crippen LogP contribution in [0.25, 0.3) is 0 Å². The maximum atomic E-state index is 10.4. The van der Waals surface area contributed by atoms with E-state index in [1.54, 1.807) is 0 Å². The van der Waals surface area contributed by atoms with Crippen molar-refractivity contribution in [2.24, 2.45) is 5.92 Å². The van der Waals surface area contributed by atoms with E-state index in [4.69, 9.17) is 9.84 Å². The van der Waals surface area contributed by atoms with E-state index >= 15 is 0 Å². The zero-order valence-corrected chi connectivity index (χ0v) is 8.90. The number of ether oxygens (including phenoxy) is 1. The van der Waals surface area contributed by atoms with Gasteiger partial charge in [0.25, 0.3) is 0 Å². The number of carbonyl (C=O) groups is 1. The minimum Gasteiger partial charge on any atom is -0.481 e. The Morgan fingerprint density at radius 1 is 1.71 bits per heavy atom. The lowest BCUT2D eigenvalue weighted by molar-refractivity contribution is -0.137. The van der Waals surface area contributed by atoms with Gasteiger partial charge in [0.2, 0.25) is 0 Å². The normalized spacial score (nSPS) is 24.1. The number of hydrogen-bond acceptors (Lipinski definition) is 3. The average Bonchev–Trinajstić information content (AvgIpc) is 2.65. The van der Waals surface area contributed by atoms with Crippen molar-refractivity contribution >= 4 is 5.97 Å². The van der Waals surface area contributed by atoms with Crippen LogP contribution in [0.5, 0.6) is 0 Å². The molecule has 1 fully saturated rings. The molecule has 0 aromatic rings. The van der Waals surface area contributed by atoms with Crippen molar-refractivity contribution < 1.29 is 14.6 Å². The molecule has 82 valence electrons. The van der Waals surface area contributed by atoms with Gasteiger partial charge < -0.3 is 14.7 Å². The van der Waals surface area contributed by atoms with Crippen LogP contribution in [0.4, 0.5) is 0 Å². The van der Waals surface area contributed by atoms with Crippen molar-refractivity contribution in [3.8, 4) is 0 Å². The minimum atomic E-state index is -0.730.